The molecular formula is C22H15ClF3N3O4. The predicted octanol–water partition coefficient (Wildman–Crippen LogP) is 5.72. The molecule has 0 unspecified atom stereocenters. The number of rotatable bonds is 6. The molecule has 0 spiro atoms. The van der Waals surface area contributed by atoms with Gasteiger partial charge in [-0.3, -0.25) is 19.9 Å². The zero-order valence-corrected chi connectivity index (χ0v) is 17.4. The van der Waals surface area contributed by atoms with Gasteiger partial charge in [0, 0.05) is 18.0 Å². The number of anilines is 2. The van der Waals surface area contributed by atoms with E-state index in [0.29, 0.717) is 11.6 Å². The lowest BCUT2D eigenvalue weighted by atomic mass is 10.0. The van der Waals surface area contributed by atoms with Crippen molar-refractivity contribution in [3.63, 3.8) is 0 Å². The molecule has 0 fully saturated rings. The van der Waals surface area contributed by atoms with Gasteiger partial charge < -0.3 is 10.4 Å². The van der Waals surface area contributed by atoms with Gasteiger partial charge in [-0.1, -0.05) is 29.8 Å². The Hall–Kier alpha value is -3.92. The van der Waals surface area contributed by atoms with Gasteiger partial charge in [-0.2, -0.15) is 13.2 Å². The van der Waals surface area contributed by atoms with Crippen LogP contribution in [0.1, 0.15) is 22.3 Å². The number of nitrogens with one attached hydrogen (secondary N) is 2. The van der Waals surface area contributed by atoms with Gasteiger partial charge in [0.2, 0.25) is 5.91 Å². The van der Waals surface area contributed by atoms with Gasteiger partial charge >= 0.3 is 12.3 Å². The molecule has 1 aromatic heterocycles. The monoisotopic (exact) mass is 477 g/mol. The minimum atomic E-state index is -4.85. The Balaban J connectivity index is 1.82. The van der Waals surface area contributed by atoms with Crippen LogP contribution >= 0.6 is 11.6 Å². The molecule has 0 radical (unpaired) electrons. The zero-order chi connectivity index (χ0) is 24.2. The maximum atomic E-state index is 13.2. The summed E-state index contributed by atoms with van der Waals surface area (Å²) in [6.07, 6.45) is -3.94. The molecule has 3 N–H and O–H groups in total. The lowest BCUT2D eigenvalue weighted by Gasteiger charge is -2.16. The SMILES string of the molecule is O=C(O)Nc1cc(Cl)c(C(F)(F)F)cc1NC(=O)CC(=O)c1cccc(-c2ccncc2)c1. The Bertz CT molecular complexity index is 1220. The summed E-state index contributed by atoms with van der Waals surface area (Å²) in [4.78, 5) is 39.9. The summed E-state index contributed by atoms with van der Waals surface area (Å²) in [5.41, 5.74) is -0.404. The quantitative estimate of drug-likeness (QED) is 0.311. The molecule has 11 heteroatoms. The van der Waals surface area contributed by atoms with Crippen molar-refractivity contribution in [3.05, 3.63) is 77.1 Å². The molecule has 3 rings (SSSR count). The highest BCUT2D eigenvalue weighted by atomic mass is 35.5. The van der Waals surface area contributed by atoms with E-state index in [1.807, 2.05) is 5.32 Å². The fourth-order valence-corrected chi connectivity index (χ4v) is 3.24. The molecule has 3 aromatic rings. The summed E-state index contributed by atoms with van der Waals surface area (Å²) >= 11 is 5.61. The first kappa shape index (κ1) is 23.7. The number of carbonyl (C=O) groups excluding carboxylic acids is 2. The van der Waals surface area contributed by atoms with E-state index >= 15 is 0 Å². The Morgan fingerprint density at radius 3 is 2.24 bits per heavy atom. The van der Waals surface area contributed by atoms with Crippen LogP contribution in [0.15, 0.2) is 60.9 Å². The number of hydrogen-bond donors (Lipinski definition) is 3. The first-order valence-electron chi connectivity index (χ1n) is 9.29. The number of aromatic nitrogens is 1. The number of carbonyl (C=O) groups is 3. The van der Waals surface area contributed by atoms with E-state index in [2.05, 4.69) is 10.3 Å². The standard InChI is InChI=1S/C22H15ClF3N3O4/c23-16-10-18(29-21(32)33)17(9-15(16)22(24,25)26)28-20(31)11-19(30)14-3-1-2-13(8-14)12-4-6-27-7-5-12/h1-10,29H,11H2,(H,28,31)(H,32,33). The van der Waals surface area contributed by atoms with E-state index in [1.165, 1.54) is 6.07 Å². The van der Waals surface area contributed by atoms with Crippen LogP contribution < -0.4 is 10.6 Å². The maximum absolute atomic E-state index is 13.2. The van der Waals surface area contributed by atoms with Crippen molar-refractivity contribution in [2.24, 2.45) is 0 Å². The lowest BCUT2D eigenvalue weighted by Crippen LogP contribution is -2.19. The molecule has 7 nitrogen and oxygen atoms in total. The summed E-state index contributed by atoms with van der Waals surface area (Å²) < 4.78 is 39.5. The molecule has 0 aliphatic rings. The number of alkyl halides is 3. The smallest absolute Gasteiger partial charge is 0.417 e. The normalized spacial score (nSPS) is 11.0. The van der Waals surface area contributed by atoms with Crippen molar-refractivity contribution in [2.75, 3.05) is 10.6 Å². The average molecular weight is 478 g/mol. The third kappa shape index (κ3) is 6.07. The first-order chi connectivity index (χ1) is 15.5. The number of carboxylic acid groups (broad SMARTS) is 1. The molecule has 0 saturated carbocycles. The number of hydrogen-bond acceptors (Lipinski definition) is 4. The van der Waals surface area contributed by atoms with Gasteiger partial charge in [-0.25, -0.2) is 4.79 Å². The Morgan fingerprint density at radius 2 is 1.61 bits per heavy atom. The maximum Gasteiger partial charge on any atom is 0.417 e. The lowest BCUT2D eigenvalue weighted by molar-refractivity contribution is -0.137. The number of ketones is 1. The molecule has 0 saturated heterocycles. The predicted molar refractivity (Wildman–Crippen MR) is 115 cm³/mol. The summed E-state index contributed by atoms with van der Waals surface area (Å²) in [7, 11) is 0. The van der Waals surface area contributed by atoms with Gasteiger partial charge in [-0.15, -0.1) is 0 Å². The van der Waals surface area contributed by atoms with Crippen LogP contribution in [0.25, 0.3) is 11.1 Å². The number of nitrogens with zero attached hydrogens (tertiary/aromatic N) is 1. The summed E-state index contributed by atoms with van der Waals surface area (Å²) in [6.45, 7) is 0. The molecule has 170 valence electrons. The molecule has 0 aliphatic carbocycles. The fourth-order valence-electron chi connectivity index (χ4n) is 2.97. The highest BCUT2D eigenvalue weighted by Crippen LogP contribution is 2.39. The van der Waals surface area contributed by atoms with Crippen LogP contribution in [-0.2, 0) is 11.0 Å². The minimum Gasteiger partial charge on any atom is -0.465 e. The Morgan fingerprint density at radius 1 is 0.939 bits per heavy atom. The second kappa shape index (κ2) is 9.70. The topological polar surface area (TPSA) is 108 Å². The Kier molecular flexibility index (Phi) is 6.98. The van der Waals surface area contributed by atoms with Crippen molar-refractivity contribution in [1.82, 2.24) is 4.98 Å². The van der Waals surface area contributed by atoms with Crippen molar-refractivity contribution in [2.45, 2.75) is 12.6 Å². The molecular weight excluding hydrogens is 463 g/mol. The molecule has 0 atom stereocenters. The van der Waals surface area contributed by atoms with Crippen LogP contribution in [0.3, 0.4) is 0 Å². The van der Waals surface area contributed by atoms with E-state index in [0.717, 1.165) is 11.6 Å². The minimum absolute atomic E-state index is 0.218. The second-order valence-corrected chi connectivity index (χ2v) is 7.18. The van der Waals surface area contributed by atoms with Crippen molar-refractivity contribution >= 4 is 40.8 Å². The van der Waals surface area contributed by atoms with Crippen LogP contribution in [-0.4, -0.2) is 27.9 Å². The number of benzene rings is 2. The zero-order valence-electron chi connectivity index (χ0n) is 16.6. The van der Waals surface area contributed by atoms with Crippen molar-refractivity contribution in [3.8, 4) is 11.1 Å². The molecule has 33 heavy (non-hydrogen) atoms. The molecule has 1 heterocycles. The number of Topliss-reactive ketones (excluding diaryl/α,β-unsaturated/α-hetero) is 1. The highest BCUT2D eigenvalue weighted by molar-refractivity contribution is 6.32. The summed E-state index contributed by atoms with van der Waals surface area (Å²) in [6, 6.07) is 11.2. The van der Waals surface area contributed by atoms with E-state index in [9.17, 15) is 27.6 Å². The van der Waals surface area contributed by atoms with Gasteiger partial charge in [0.1, 0.15) is 0 Å². The first-order valence-corrected chi connectivity index (χ1v) is 9.66. The van der Waals surface area contributed by atoms with Crippen molar-refractivity contribution < 1.29 is 32.7 Å². The molecule has 2 aromatic carbocycles. The fraction of sp³-hybridized carbons (Fsp3) is 0.0909. The number of amides is 2. The molecule has 2 amide bonds. The van der Waals surface area contributed by atoms with E-state index in [1.54, 1.807) is 42.7 Å². The van der Waals surface area contributed by atoms with Crippen LogP contribution in [0.2, 0.25) is 5.02 Å². The van der Waals surface area contributed by atoms with Crippen LogP contribution in [0.4, 0.5) is 29.3 Å². The molecule has 0 bridgehead atoms. The van der Waals surface area contributed by atoms with E-state index in [4.69, 9.17) is 16.7 Å². The number of halogens is 4. The Labute approximate surface area is 190 Å². The highest BCUT2D eigenvalue weighted by Gasteiger charge is 2.34. The number of pyridine rings is 1. The third-order valence-corrected chi connectivity index (χ3v) is 4.76. The second-order valence-electron chi connectivity index (χ2n) is 6.77. The van der Waals surface area contributed by atoms with E-state index < -0.39 is 46.7 Å². The summed E-state index contributed by atoms with van der Waals surface area (Å²) in [5, 5.41) is 12.2. The van der Waals surface area contributed by atoms with Gasteiger partial charge in [0.05, 0.1) is 28.4 Å². The van der Waals surface area contributed by atoms with Gasteiger partial charge in [0.25, 0.3) is 0 Å². The van der Waals surface area contributed by atoms with Gasteiger partial charge in [0.15, 0.2) is 5.78 Å². The van der Waals surface area contributed by atoms with Crippen LogP contribution in [0, 0.1) is 0 Å². The van der Waals surface area contributed by atoms with Gasteiger partial charge in [-0.05, 0) is 41.5 Å². The largest absolute Gasteiger partial charge is 0.465 e. The molecule has 0 aliphatic heterocycles. The third-order valence-electron chi connectivity index (χ3n) is 4.45. The van der Waals surface area contributed by atoms with E-state index in [-0.39, 0.29) is 11.3 Å². The summed E-state index contributed by atoms with van der Waals surface area (Å²) in [5.74, 6) is -1.51. The van der Waals surface area contributed by atoms with Crippen molar-refractivity contribution in [1.29, 1.82) is 0 Å². The average Bonchev–Trinajstić information content (AvgIpc) is 2.75. The van der Waals surface area contributed by atoms with Crippen LogP contribution in [0.5, 0.6) is 0 Å².